The minimum Gasteiger partial charge on any atom is -0.382 e. The van der Waals surface area contributed by atoms with Crippen LogP contribution < -0.4 is 5.73 Å². The Hall–Kier alpha value is -2.30. The van der Waals surface area contributed by atoms with Crippen LogP contribution in [0.25, 0.3) is 22.2 Å². The van der Waals surface area contributed by atoms with Gasteiger partial charge in [0.1, 0.15) is 5.82 Å². The highest BCUT2D eigenvalue weighted by molar-refractivity contribution is 5.83. The van der Waals surface area contributed by atoms with E-state index < -0.39 is 0 Å². The molecule has 0 saturated carbocycles. The summed E-state index contributed by atoms with van der Waals surface area (Å²) in [5, 5.41) is 14.7. The second-order valence-corrected chi connectivity index (χ2v) is 3.38. The SMILES string of the molecule is Nc1cc(-c2ccc3[nH]ncc3c2)[nH]n1. The molecular weight excluding hydrogens is 190 g/mol. The van der Waals surface area contributed by atoms with Gasteiger partial charge in [0.15, 0.2) is 0 Å². The van der Waals surface area contributed by atoms with E-state index in [-0.39, 0.29) is 0 Å². The van der Waals surface area contributed by atoms with E-state index in [9.17, 15) is 0 Å². The van der Waals surface area contributed by atoms with Gasteiger partial charge in [-0.1, -0.05) is 6.07 Å². The molecule has 2 heterocycles. The lowest BCUT2D eigenvalue weighted by atomic mass is 10.1. The standard InChI is InChI=1S/C10H9N5/c11-10-4-9(14-15-10)6-1-2-8-7(3-6)5-12-13-8/h1-5H,(H,12,13)(H3,11,14,15). The van der Waals surface area contributed by atoms with Crippen LogP contribution in [-0.2, 0) is 0 Å². The molecule has 5 nitrogen and oxygen atoms in total. The van der Waals surface area contributed by atoms with E-state index in [1.165, 1.54) is 0 Å². The number of anilines is 1. The number of rotatable bonds is 1. The van der Waals surface area contributed by atoms with Gasteiger partial charge in [-0.25, -0.2) is 0 Å². The van der Waals surface area contributed by atoms with Gasteiger partial charge in [0, 0.05) is 17.0 Å². The number of hydrogen-bond donors (Lipinski definition) is 3. The third-order valence-electron chi connectivity index (χ3n) is 2.35. The molecular formula is C10H9N5. The number of nitrogen functional groups attached to an aromatic ring is 1. The number of benzene rings is 1. The van der Waals surface area contributed by atoms with Crippen molar-refractivity contribution in [1.29, 1.82) is 0 Å². The van der Waals surface area contributed by atoms with Crippen molar-refractivity contribution < 1.29 is 0 Å². The molecule has 3 aromatic rings. The van der Waals surface area contributed by atoms with Crippen molar-refractivity contribution in [2.24, 2.45) is 0 Å². The summed E-state index contributed by atoms with van der Waals surface area (Å²) in [7, 11) is 0. The molecule has 2 aromatic heterocycles. The smallest absolute Gasteiger partial charge is 0.145 e. The first-order valence-electron chi connectivity index (χ1n) is 4.57. The quantitative estimate of drug-likeness (QED) is 0.555. The summed E-state index contributed by atoms with van der Waals surface area (Å²) in [6.45, 7) is 0. The summed E-state index contributed by atoms with van der Waals surface area (Å²) < 4.78 is 0. The van der Waals surface area contributed by atoms with Crippen molar-refractivity contribution >= 4 is 16.7 Å². The van der Waals surface area contributed by atoms with E-state index in [1.807, 2.05) is 18.2 Å². The summed E-state index contributed by atoms with van der Waals surface area (Å²) >= 11 is 0. The van der Waals surface area contributed by atoms with Crippen molar-refractivity contribution in [3.05, 3.63) is 30.5 Å². The van der Waals surface area contributed by atoms with Gasteiger partial charge in [-0.2, -0.15) is 10.2 Å². The van der Waals surface area contributed by atoms with Crippen LogP contribution in [0.2, 0.25) is 0 Å². The largest absolute Gasteiger partial charge is 0.382 e. The fourth-order valence-corrected chi connectivity index (χ4v) is 1.60. The highest BCUT2D eigenvalue weighted by Crippen LogP contribution is 2.22. The molecule has 0 fully saturated rings. The molecule has 0 spiro atoms. The lowest BCUT2D eigenvalue weighted by Crippen LogP contribution is -1.81. The molecule has 0 saturated heterocycles. The number of aromatic nitrogens is 4. The normalized spacial score (nSPS) is 10.9. The average Bonchev–Trinajstić information content (AvgIpc) is 2.84. The van der Waals surface area contributed by atoms with E-state index in [0.29, 0.717) is 5.82 Å². The Morgan fingerprint density at radius 3 is 2.87 bits per heavy atom. The maximum absolute atomic E-state index is 5.55. The zero-order chi connectivity index (χ0) is 10.3. The number of nitrogens with one attached hydrogen (secondary N) is 2. The third kappa shape index (κ3) is 1.25. The van der Waals surface area contributed by atoms with E-state index in [4.69, 9.17) is 5.73 Å². The fraction of sp³-hybridized carbons (Fsp3) is 0. The highest BCUT2D eigenvalue weighted by Gasteiger charge is 2.03. The predicted octanol–water partition coefficient (Wildman–Crippen LogP) is 1.54. The van der Waals surface area contributed by atoms with E-state index in [1.54, 1.807) is 12.3 Å². The Balaban J connectivity index is 2.18. The maximum atomic E-state index is 5.55. The number of fused-ring (bicyclic) bond motifs is 1. The van der Waals surface area contributed by atoms with Crippen molar-refractivity contribution in [3.8, 4) is 11.3 Å². The Morgan fingerprint density at radius 2 is 2.07 bits per heavy atom. The summed E-state index contributed by atoms with van der Waals surface area (Å²) in [4.78, 5) is 0. The first-order chi connectivity index (χ1) is 7.33. The van der Waals surface area contributed by atoms with Crippen LogP contribution >= 0.6 is 0 Å². The number of nitrogens with zero attached hydrogens (tertiary/aromatic N) is 2. The summed E-state index contributed by atoms with van der Waals surface area (Å²) in [6, 6.07) is 7.81. The van der Waals surface area contributed by atoms with Crippen molar-refractivity contribution in [1.82, 2.24) is 20.4 Å². The number of nitrogens with two attached hydrogens (primary N) is 1. The molecule has 0 amide bonds. The molecule has 0 aliphatic carbocycles. The molecule has 0 aliphatic rings. The molecule has 0 radical (unpaired) electrons. The van der Waals surface area contributed by atoms with Crippen molar-refractivity contribution in [2.45, 2.75) is 0 Å². The van der Waals surface area contributed by atoms with Crippen LogP contribution in [0, 0.1) is 0 Å². The molecule has 74 valence electrons. The van der Waals surface area contributed by atoms with Gasteiger partial charge >= 0.3 is 0 Å². The second-order valence-electron chi connectivity index (χ2n) is 3.38. The first kappa shape index (κ1) is 8.05. The topological polar surface area (TPSA) is 83.4 Å². The zero-order valence-corrected chi connectivity index (χ0v) is 7.86. The average molecular weight is 199 g/mol. The number of hydrogen-bond acceptors (Lipinski definition) is 3. The van der Waals surface area contributed by atoms with Gasteiger partial charge < -0.3 is 5.73 Å². The van der Waals surface area contributed by atoms with Crippen LogP contribution in [0.4, 0.5) is 5.82 Å². The molecule has 15 heavy (non-hydrogen) atoms. The lowest BCUT2D eigenvalue weighted by molar-refractivity contribution is 1.10. The molecule has 0 atom stereocenters. The second kappa shape index (κ2) is 2.84. The predicted molar refractivity (Wildman–Crippen MR) is 58.1 cm³/mol. The van der Waals surface area contributed by atoms with Crippen LogP contribution in [0.1, 0.15) is 0 Å². The minimum absolute atomic E-state index is 0.497. The summed E-state index contributed by atoms with van der Waals surface area (Å²) in [5.41, 5.74) is 8.53. The molecule has 0 aliphatic heterocycles. The van der Waals surface area contributed by atoms with Gasteiger partial charge in [0.2, 0.25) is 0 Å². The number of H-pyrrole nitrogens is 2. The zero-order valence-electron chi connectivity index (χ0n) is 7.86. The van der Waals surface area contributed by atoms with Gasteiger partial charge in [0.25, 0.3) is 0 Å². The lowest BCUT2D eigenvalue weighted by Gasteiger charge is -1.96. The molecule has 1 aromatic carbocycles. The minimum atomic E-state index is 0.497. The van der Waals surface area contributed by atoms with Crippen molar-refractivity contribution in [2.75, 3.05) is 5.73 Å². The Morgan fingerprint density at radius 1 is 1.13 bits per heavy atom. The Kier molecular flexibility index (Phi) is 1.53. The van der Waals surface area contributed by atoms with Crippen molar-refractivity contribution in [3.63, 3.8) is 0 Å². The molecule has 3 rings (SSSR count). The summed E-state index contributed by atoms with van der Waals surface area (Å²) in [5.74, 6) is 0.497. The Bertz CT molecular complexity index is 607. The van der Waals surface area contributed by atoms with E-state index in [2.05, 4.69) is 20.4 Å². The highest BCUT2D eigenvalue weighted by atomic mass is 15.2. The molecule has 0 bridgehead atoms. The molecule has 0 unspecified atom stereocenters. The van der Waals surface area contributed by atoms with Gasteiger partial charge in [-0.05, 0) is 12.1 Å². The molecule has 5 heteroatoms. The van der Waals surface area contributed by atoms with Crippen LogP contribution in [0.5, 0.6) is 0 Å². The summed E-state index contributed by atoms with van der Waals surface area (Å²) in [6.07, 6.45) is 1.79. The van der Waals surface area contributed by atoms with Crippen LogP contribution in [0.15, 0.2) is 30.5 Å². The maximum Gasteiger partial charge on any atom is 0.145 e. The molecule has 4 N–H and O–H groups in total. The van der Waals surface area contributed by atoms with Crippen LogP contribution in [0.3, 0.4) is 0 Å². The fourth-order valence-electron chi connectivity index (χ4n) is 1.60. The number of aromatic amines is 2. The Labute approximate surface area is 85.3 Å². The van der Waals surface area contributed by atoms with E-state index in [0.717, 1.165) is 22.2 Å². The van der Waals surface area contributed by atoms with Crippen LogP contribution in [-0.4, -0.2) is 20.4 Å². The van der Waals surface area contributed by atoms with Gasteiger partial charge in [-0.15, -0.1) is 0 Å². The first-order valence-corrected chi connectivity index (χ1v) is 4.57. The van der Waals surface area contributed by atoms with Gasteiger partial charge in [-0.3, -0.25) is 10.2 Å². The van der Waals surface area contributed by atoms with Gasteiger partial charge in [0.05, 0.1) is 17.4 Å². The van der Waals surface area contributed by atoms with E-state index >= 15 is 0 Å². The monoisotopic (exact) mass is 199 g/mol. The third-order valence-corrected chi connectivity index (χ3v) is 2.35.